The van der Waals surface area contributed by atoms with Gasteiger partial charge in [0, 0.05) is 6.07 Å². The van der Waals surface area contributed by atoms with Crippen molar-refractivity contribution in [3.05, 3.63) is 50.9 Å². The molecule has 1 aromatic heterocycles. The molecule has 0 unspecified atom stereocenters. The lowest BCUT2D eigenvalue weighted by molar-refractivity contribution is -0.142. The monoisotopic (exact) mass is 365 g/mol. The van der Waals surface area contributed by atoms with E-state index in [0.29, 0.717) is 6.07 Å². The summed E-state index contributed by atoms with van der Waals surface area (Å²) in [7, 11) is 0. The van der Waals surface area contributed by atoms with Crippen molar-refractivity contribution in [2.24, 2.45) is 5.73 Å². The third-order valence-corrected chi connectivity index (χ3v) is 2.95. The van der Waals surface area contributed by atoms with Crippen molar-refractivity contribution in [2.45, 2.75) is 12.6 Å². The van der Waals surface area contributed by atoms with E-state index in [1.54, 1.807) is 0 Å². The van der Waals surface area contributed by atoms with E-state index in [2.05, 4.69) is 4.98 Å². The van der Waals surface area contributed by atoms with Crippen LogP contribution >= 0.6 is 11.6 Å². The summed E-state index contributed by atoms with van der Waals surface area (Å²) in [5.74, 6) is -4.10. The number of H-pyrrole nitrogens is 1. The minimum Gasteiger partial charge on any atom is -0.449 e. The van der Waals surface area contributed by atoms with E-state index in [1.165, 1.54) is 0 Å². The number of alkyl halides is 3. The molecule has 0 atom stereocenters. The molecule has 11 heteroatoms. The number of nitrogens with two attached hydrogens (primary N) is 1. The first kappa shape index (κ1) is 17.7. The highest BCUT2D eigenvalue weighted by molar-refractivity contribution is 6.30. The number of benzene rings is 1. The number of hydrogen-bond acceptors (Lipinski definition) is 4. The quantitative estimate of drug-likeness (QED) is 0.813. The molecular formula is C13H8ClF4N3O3. The molecule has 0 spiro atoms. The number of aromatic nitrogens is 2. The Balaban J connectivity index is 2.53. The molecule has 3 N–H and O–H groups in total. The Morgan fingerprint density at radius 1 is 1.38 bits per heavy atom. The fraction of sp³-hybridized carbons (Fsp3) is 0.154. The summed E-state index contributed by atoms with van der Waals surface area (Å²) in [6, 6.07) is 2.82. The summed E-state index contributed by atoms with van der Waals surface area (Å²) in [5, 5.41) is -0.276. The van der Waals surface area contributed by atoms with Crippen LogP contribution in [0.4, 0.5) is 17.6 Å². The van der Waals surface area contributed by atoms with E-state index in [-0.39, 0.29) is 5.02 Å². The number of aromatic amines is 1. The zero-order valence-corrected chi connectivity index (χ0v) is 12.3. The first-order valence-corrected chi connectivity index (χ1v) is 6.57. The van der Waals surface area contributed by atoms with Gasteiger partial charge in [-0.1, -0.05) is 11.6 Å². The first-order chi connectivity index (χ1) is 11.1. The summed E-state index contributed by atoms with van der Waals surface area (Å²) in [6.45, 7) is 0. The van der Waals surface area contributed by atoms with Gasteiger partial charge in [0.2, 0.25) is 11.7 Å². The highest BCUT2D eigenvalue weighted by atomic mass is 35.5. The van der Waals surface area contributed by atoms with E-state index < -0.39 is 52.9 Å². The molecule has 6 nitrogen and oxygen atoms in total. The van der Waals surface area contributed by atoms with Crippen molar-refractivity contribution in [2.75, 3.05) is 0 Å². The van der Waals surface area contributed by atoms with E-state index in [0.717, 1.165) is 12.1 Å². The van der Waals surface area contributed by atoms with Gasteiger partial charge >= 0.3 is 6.18 Å². The second-order valence-electron chi connectivity index (χ2n) is 4.51. The molecule has 1 amide bonds. The van der Waals surface area contributed by atoms with Crippen LogP contribution < -0.4 is 16.0 Å². The zero-order chi connectivity index (χ0) is 18.1. The van der Waals surface area contributed by atoms with Crippen LogP contribution in [-0.2, 0) is 17.4 Å². The van der Waals surface area contributed by atoms with Crippen LogP contribution in [0.25, 0.3) is 0 Å². The second-order valence-corrected chi connectivity index (χ2v) is 4.92. The van der Waals surface area contributed by atoms with Gasteiger partial charge in [0.05, 0.1) is 11.4 Å². The number of primary amides is 1. The van der Waals surface area contributed by atoms with Gasteiger partial charge in [-0.3, -0.25) is 9.59 Å². The molecule has 128 valence electrons. The average Bonchev–Trinajstić information content (AvgIpc) is 2.43. The number of carbonyl (C=O) groups excluding carboxylic acids is 1. The largest absolute Gasteiger partial charge is 0.449 e. The number of amides is 1. The van der Waals surface area contributed by atoms with Crippen LogP contribution in [0.1, 0.15) is 11.5 Å². The zero-order valence-electron chi connectivity index (χ0n) is 11.6. The Morgan fingerprint density at radius 3 is 2.58 bits per heavy atom. The predicted molar refractivity (Wildman–Crippen MR) is 74.2 cm³/mol. The van der Waals surface area contributed by atoms with Crippen LogP contribution in [0.15, 0.2) is 23.0 Å². The summed E-state index contributed by atoms with van der Waals surface area (Å²) in [6.07, 6.45) is -5.75. The molecule has 1 aromatic carbocycles. The van der Waals surface area contributed by atoms with E-state index in [4.69, 9.17) is 22.1 Å². The molecule has 2 aromatic rings. The Morgan fingerprint density at radius 2 is 2.04 bits per heavy atom. The molecule has 24 heavy (non-hydrogen) atoms. The van der Waals surface area contributed by atoms with Gasteiger partial charge in [-0.15, -0.1) is 0 Å². The normalized spacial score (nSPS) is 11.4. The molecule has 1 heterocycles. The highest BCUT2D eigenvalue weighted by Crippen LogP contribution is 2.35. The van der Waals surface area contributed by atoms with Crippen molar-refractivity contribution in [3.63, 3.8) is 0 Å². The molecule has 0 aliphatic carbocycles. The van der Waals surface area contributed by atoms with Crippen LogP contribution in [0, 0.1) is 5.82 Å². The smallest absolute Gasteiger partial charge is 0.437 e. The van der Waals surface area contributed by atoms with Crippen LogP contribution in [0.3, 0.4) is 0 Å². The summed E-state index contributed by atoms with van der Waals surface area (Å²) < 4.78 is 57.4. The minimum atomic E-state index is -5.05. The van der Waals surface area contributed by atoms with Gasteiger partial charge in [0.15, 0.2) is 5.69 Å². The number of hydrogen-bond donors (Lipinski definition) is 2. The van der Waals surface area contributed by atoms with Crippen molar-refractivity contribution in [1.29, 1.82) is 0 Å². The van der Waals surface area contributed by atoms with Crippen LogP contribution in [0.2, 0.25) is 5.02 Å². The average molecular weight is 366 g/mol. The number of halogens is 5. The first-order valence-electron chi connectivity index (χ1n) is 6.19. The van der Waals surface area contributed by atoms with E-state index in [1.807, 2.05) is 4.98 Å². The molecule has 2 rings (SSSR count). The van der Waals surface area contributed by atoms with E-state index >= 15 is 0 Å². The van der Waals surface area contributed by atoms with Crippen molar-refractivity contribution in [1.82, 2.24) is 9.97 Å². The lowest BCUT2D eigenvalue weighted by atomic mass is 10.3. The van der Waals surface area contributed by atoms with Crippen LogP contribution in [0.5, 0.6) is 11.5 Å². The maximum Gasteiger partial charge on any atom is 0.437 e. The fourth-order valence-electron chi connectivity index (χ4n) is 1.70. The van der Waals surface area contributed by atoms with Crippen molar-refractivity contribution in [3.8, 4) is 11.5 Å². The molecule has 0 radical (unpaired) electrons. The Kier molecular flexibility index (Phi) is 4.78. The number of rotatable bonds is 4. The van der Waals surface area contributed by atoms with Gasteiger partial charge in [0.25, 0.3) is 5.56 Å². The van der Waals surface area contributed by atoms with Gasteiger partial charge in [-0.05, 0) is 12.1 Å². The Bertz CT molecular complexity index is 851. The topological polar surface area (TPSA) is 98.1 Å². The summed E-state index contributed by atoms with van der Waals surface area (Å²) in [4.78, 5) is 27.7. The maximum atomic E-state index is 13.3. The van der Waals surface area contributed by atoms with Gasteiger partial charge in [-0.2, -0.15) is 13.2 Å². The van der Waals surface area contributed by atoms with Crippen molar-refractivity contribution < 1.29 is 27.1 Å². The van der Waals surface area contributed by atoms with Gasteiger partial charge in [0.1, 0.15) is 17.4 Å². The summed E-state index contributed by atoms with van der Waals surface area (Å²) in [5.41, 5.74) is 1.89. The highest BCUT2D eigenvalue weighted by Gasteiger charge is 2.39. The standard InChI is InChI=1S/C13H8ClF4N3O3/c14-6-2-1-5(3-7(6)15)24-10-11(13(16,17)18)20-9(4-8(19)22)21-12(10)23/h1-3H,4H2,(H2,19,22)(H,20,21,23). The van der Waals surface area contributed by atoms with Crippen LogP contribution in [-0.4, -0.2) is 15.9 Å². The molecule has 0 fully saturated rings. The van der Waals surface area contributed by atoms with E-state index in [9.17, 15) is 27.2 Å². The predicted octanol–water partition coefficient (Wildman–Crippen LogP) is 2.40. The fourth-order valence-corrected chi connectivity index (χ4v) is 1.82. The molecule has 0 saturated carbocycles. The van der Waals surface area contributed by atoms with Gasteiger partial charge in [-0.25, -0.2) is 9.37 Å². The maximum absolute atomic E-state index is 13.3. The summed E-state index contributed by atoms with van der Waals surface area (Å²) >= 11 is 5.45. The molecule has 0 bridgehead atoms. The Hall–Kier alpha value is -2.62. The minimum absolute atomic E-state index is 0.276. The number of ether oxygens (including phenoxy) is 1. The number of nitrogens with zero attached hydrogens (tertiary/aromatic N) is 1. The number of carbonyl (C=O) groups is 1. The molecule has 0 aliphatic rings. The van der Waals surface area contributed by atoms with Crippen molar-refractivity contribution >= 4 is 17.5 Å². The number of nitrogens with one attached hydrogen (secondary N) is 1. The third kappa shape index (κ3) is 4.02. The Labute approximate surface area is 136 Å². The molecule has 0 saturated heterocycles. The lowest BCUT2D eigenvalue weighted by Crippen LogP contribution is -2.25. The third-order valence-electron chi connectivity index (χ3n) is 2.65. The van der Waals surface area contributed by atoms with Gasteiger partial charge < -0.3 is 15.5 Å². The molecular weight excluding hydrogens is 358 g/mol. The second kappa shape index (κ2) is 6.48. The molecule has 0 aliphatic heterocycles. The lowest BCUT2D eigenvalue weighted by Gasteiger charge is -2.13. The SMILES string of the molecule is NC(=O)Cc1nc(C(F)(F)F)c(Oc2ccc(Cl)c(F)c2)c(=O)[nH]1.